The van der Waals surface area contributed by atoms with Crippen LogP contribution in [0.1, 0.15) is 36.7 Å². The van der Waals surface area contributed by atoms with Crippen LogP contribution in [0, 0.1) is 0 Å². The van der Waals surface area contributed by atoms with Crippen molar-refractivity contribution in [3.8, 4) is 5.75 Å². The first-order valence-corrected chi connectivity index (χ1v) is 7.52. The lowest BCUT2D eigenvalue weighted by atomic mass is 9.85. The fraction of sp³-hybridized carbons (Fsp3) is 0.733. The highest BCUT2D eigenvalue weighted by Crippen LogP contribution is 2.28. The van der Waals surface area contributed by atoms with Gasteiger partial charge in [-0.05, 0) is 46.8 Å². The Bertz CT molecular complexity index is 490. The third-order valence-electron chi connectivity index (χ3n) is 4.12. The van der Waals surface area contributed by atoms with Crippen molar-refractivity contribution in [2.75, 3.05) is 34.3 Å². The molecule has 2 heterocycles. The van der Waals surface area contributed by atoms with E-state index in [0.29, 0.717) is 18.0 Å². The minimum atomic E-state index is -0.512. The SMILES string of the molecule is COc1cnn(CCN(C)C)c1C(=O)C1(C)CCCCN1. The van der Waals surface area contributed by atoms with Crippen LogP contribution in [0.5, 0.6) is 5.75 Å². The van der Waals surface area contributed by atoms with Crippen molar-refractivity contribution in [2.24, 2.45) is 0 Å². The Morgan fingerprint density at radius 3 is 2.86 bits per heavy atom. The number of carbonyl (C=O) groups is 1. The summed E-state index contributed by atoms with van der Waals surface area (Å²) in [6.45, 7) is 4.37. The van der Waals surface area contributed by atoms with E-state index in [-0.39, 0.29) is 5.78 Å². The molecule has 0 radical (unpaired) electrons. The van der Waals surface area contributed by atoms with Crippen molar-refractivity contribution in [1.82, 2.24) is 20.0 Å². The van der Waals surface area contributed by atoms with Gasteiger partial charge in [0, 0.05) is 6.54 Å². The van der Waals surface area contributed by atoms with Crippen molar-refractivity contribution in [2.45, 2.75) is 38.3 Å². The summed E-state index contributed by atoms with van der Waals surface area (Å²) in [5.74, 6) is 0.641. The summed E-state index contributed by atoms with van der Waals surface area (Å²) >= 11 is 0. The zero-order chi connectivity index (χ0) is 15.5. The summed E-state index contributed by atoms with van der Waals surface area (Å²) in [6, 6.07) is 0. The molecular weight excluding hydrogens is 268 g/mol. The molecule has 1 fully saturated rings. The molecule has 21 heavy (non-hydrogen) atoms. The Morgan fingerprint density at radius 1 is 1.52 bits per heavy atom. The summed E-state index contributed by atoms with van der Waals surface area (Å²) in [5.41, 5.74) is 0.0674. The second-order valence-corrected chi connectivity index (χ2v) is 6.13. The lowest BCUT2D eigenvalue weighted by molar-refractivity contribution is 0.0819. The lowest BCUT2D eigenvalue weighted by Gasteiger charge is -2.33. The normalized spacial score (nSPS) is 22.5. The van der Waals surface area contributed by atoms with Gasteiger partial charge in [-0.2, -0.15) is 5.10 Å². The zero-order valence-corrected chi connectivity index (χ0v) is 13.5. The molecule has 0 aromatic carbocycles. The molecule has 0 bridgehead atoms. The summed E-state index contributed by atoms with van der Waals surface area (Å²) in [5, 5.41) is 7.69. The van der Waals surface area contributed by atoms with Gasteiger partial charge in [0.15, 0.2) is 5.75 Å². The van der Waals surface area contributed by atoms with Crippen molar-refractivity contribution in [3.63, 3.8) is 0 Å². The minimum absolute atomic E-state index is 0.0790. The lowest BCUT2D eigenvalue weighted by Crippen LogP contribution is -2.52. The molecule has 118 valence electrons. The molecule has 0 amide bonds. The number of carbonyl (C=O) groups excluding carboxylic acids is 1. The van der Waals surface area contributed by atoms with Gasteiger partial charge in [0.05, 0.1) is 25.4 Å². The van der Waals surface area contributed by atoms with Gasteiger partial charge in [0.25, 0.3) is 0 Å². The van der Waals surface area contributed by atoms with E-state index in [0.717, 1.165) is 32.4 Å². The van der Waals surface area contributed by atoms with Gasteiger partial charge in [0.2, 0.25) is 5.78 Å². The average Bonchev–Trinajstić information content (AvgIpc) is 2.87. The summed E-state index contributed by atoms with van der Waals surface area (Å²) in [4.78, 5) is 15.1. The third-order valence-corrected chi connectivity index (χ3v) is 4.12. The van der Waals surface area contributed by atoms with Crippen LogP contribution in [0.2, 0.25) is 0 Å². The number of Topliss-reactive ketones (excluding diaryl/α,β-unsaturated/α-hetero) is 1. The Kier molecular flexibility index (Phi) is 5.00. The van der Waals surface area contributed by atoms with Gasteiger partial charge in [-0.25, -0.2) is 0 Å². The Balaban J connectivity index is 2.27. The number of ether oxygens (including phenoxy) is 1. The number of methoxy groups -OCH3 is 1. The van der Waals surface area contributed by atoms with E-state index >= 15 is 0 Å². The fourth-order valence-electron chi connectivity index (χ4n) is 2.72. The monoisotopic (exact) mass is 294 g/mol. The molecule has 0 aliphatic carbocycles. The molecular formula is C15H26N4O2. The highest BCUT2D eigenvalue weighted by molar-refractivity contribution is 6.03. The summed E-state index contributed by atoms with van der Waals surface area (Å²) in [7, 11) is 5.60. The molecule has 1 aromatic heterocycles. The highest BCUT2D eigenvalue weighted by Gasteiger charge is 2.38. The van der Waals surface area contributed by atoms with Crippen LogP contribution in [-0.4, -0.2) is 60.3 Å². The van der Waals surface area contributed by atoms with Crippen LogP contribution in [0.25, 0.3) is 0 Å². The molecule has 1 atom stereocenters. The van der Waals surface area contributed by atoms with Gasteiger partial charge < -0.3 is 15.0 Å². The maximum absolute atomic E-state index is 13.0. The van der Waals surface area contributed by atoms with E-state index in [1.165, 1.54) is 0 Å². The van der Waals surface area contributed by atoms with Gasteiger partial charge >= 0.3 is 0 Å². The van der Waals surface area contributed by atoms with Gasteiger partial charge in [-0.15, -0.1) is 0 Å². The zero-order valence-electron chi connectivity index (χ0n) is 13.5. The highest BCUT2D eigenvalue weighted by atomic mass is 16.5. The molecule has 1 N–H and O–H groups in total. The standard InChI is InChI=1S/C15H26N4O2/c1-15(7-5-6-8-16-15)14(20)13-12(21-4)11-17-19(13)10-9-18(2)3/h11,16H,5-10H2,1-4H3. The molecule has 0 spiro atoms. The molecule has 0 saturated carbocycles. The Labute approximate surface area is 126 Å². The van der Waals surface area contributed by atoms with Crippen LogP contribution in [-0.2, 0) is 6.54 Å². The van der Waals surface area contributed by atoms with E-state index in [1.54, 1.807) is 18.0 Å². The van der Waals surface area contributed by atoms with Crippen molar-refractivity contribution >= 4 is 5.78 Å². The fourth-order valence-corrected chi connectivity index (χ4v) is 2.72. The van der Waals surface area contributed by atoms with Crippen molar-refractivity contribution < 1.29 is 9.53 Å². The number of likely N-dealkylation sites (N-methyl/N-ethyl adjacent to an activating group) is 1. The number of rotatable bonds is 6. The number of piperidine rings is 1. The maximum Gasteiger partial charge on any atom is 0.204 e. The number of nitrogens with zero attached hydrogens (tertiary/aromatic N) is 3. The van der Waals surface area contributed by atoms with E-state index in [1.807, 2.05) is 21.0 Å². The average molecular weight is 294 g/mol. The molecule has 1 aliphatic heterocycles. The number of nitrogens with one attached hydrogen (secondary N) is 1. The van der Waals surface area contributed by atoms with Crippen LogP contribution < -0.4 is 10.1 Å². The van der Waals surface area contributed by atoms with Crippen LogP contribution in [0.3, 0.4) is 0 Å². The molecule has 6 heteroatoms. The van der Waals surface area contributed by atoms with E-state index in [4.69, 9.17) is 4.74 Å². The minimum Gasteiger partial charge on any atom is -0.493 e. The number of hydrogen-bond donors (Lipinski definition) is 1. The van der Waals surface area contributed by atoms with Crippen molar-refractivity contribution in [1.29, 1.82) is 0 Å². The first-order valence-electron chi connectivity index (χ1n) is 7.52. The molecule has 2 rings (SSSR count). The first kappa shape index (κ1) is 16.0. The number of ketones is 1. The van der Waals surface area contributed by atoms with Crippen LogP contribution in [0.15, 0.2) is 6.20 Å². The van der Waals surface area contributed by atoms with Crippen LogP contribution >= 0.6 is 0 Å². The van der Waals surface area contributed by atoms with Crippen molar-refractivity contribution in [3.05, 3.63) is 11.9 Å². The second-order valence-electron chi connectivity index (χ2n) is 6.13. The first-order chi connectivity index (χ1) is 9.98. The van der Waals surface area contributed by atoms with Crippen LogP contribution in [0.4, 0.5) is 0 Å². The maximum atomic E-state index is 13.0. The van der Waals surface area contributed by atoms with E-state index in [2.05, 4.69) is 15.3 Å². The third kappa shape index (κ3) is 3.44. The number of aromatic nitrogens is 2. The molecule has 1 aliphatic rings. The van der Waals surface area contributed by atoms with E-state index in [9.17, 15) is 4.79 Å². The predicted octanol–water partition coefficient (Wildman–Crippen LogP) is 1.17. The molecule has 1 aromatic rings. The van der Waals surface area contributed by atoms with Gasteiger partial charge in [-0.3, -0.25) is 9.48 Å². The van der Waals surface area contributed by atoms with Gasteiger partial charge in [-0.1, -0.05) is 0 Å². The number of hydrogen-bond acceptors (Lipinski definition) is 5. The summed E-state index contributed by atoms with van der Waals surface area (Å²) < 4.78 is 7.11. The van der Waals surface area contributed by atoms with E-state index < -0.39 is 5.54 Å². The summed E-state index contributed by atoms with van der Waals surface area (Å²) in [6.07, 6.45) is 4.69. The molecule has 1 saturated heterocycles. The Morgan fingerprint density at radius 2 is 2.29 bits per heavy atom. The van der Waals surface area contributed by atoms with Gasteiger partial charge in [0.1, 0.15) is 5.69 Å². The smallest absolute Gasteiger partial charge is 0.204 e. The second kappa shape index (κ2) is 6.58. The molecule has 6 nitrogen and oxygen atoms in total. The molecule has 1 unspecified atom stereocenters. The quantitative estimate of drug-likeness (QED) is 0.798. The Hall–Kier alpha value is -1.40. The largest absolute Gasteiger partial charge is 0.493 e. The predicted molar refractivity (Wildman–Crippen MR) is 81.9 cm³/mol. The topological polar surface area (TPSA) is 59.4 Å².